The van der Waals surface area contributed by atoms with Crippen molar-refractivity contribution in [3.8, 4) is 12.3 Å². The Morgan fingerprint density at radius 3 is 2.69 bits per heavy atom. The highest BCUT2D eigenvalue weighted by molar-refractivity contribution is 7.27. The van der Waals surface area contributed by atoms with Gasteiger partial charge >= 0.3 is 0 Å². The maximum atomic E-state index is 5.18. The Bertz CT molecular complexity index is 350. The lowest BCUT2D eigenvalue weighted by atomic mass is 10.1. The smallest absolute Gasteiger partial charge is 0.0763 e. The predicted octanol–water partition coefficient (Wildman–Crippen LogP) is 1.85. The van der Waals surface area contributed by atoms with E-state index in [4.69, 9.17) is 6.42 Å². The lowest BCUT2D eigenvalue weighted by Crippen LogP contribution is -2.06. The largest absolute Gasteiger partial charge is 0.374 e. The minimum Gasteiger partial charge on any atom is -0.374 e. The van der Waals surface area contributed by atoms with Crippen molar-refractivity contribution in [3.63, 3.8) is 0 Å². The van der Waals surface area contributed by atoms with Gasteiger partial charge < -0.3 is 5.32 Å². The van der Waals surface area contributed by atoms with E-state index in [2.05, 4.69) is 46.5 Å². The van der Waals surface area contributed by atoms with Crippen LogP contribution in [0.3, 0.4) is 0 Å². The summed E-state index contributed by atoms with van der Waals surface area (Å²) in [5.41, 5.74) is 3.69. The van der Waals surface area contributed by atoms with Crippen molar-refractivity contribution in [1.82, 2.24) is 0 Å². The van der Waals surface area contributed by atoms with Crippen LogP contribution in [0, 0.1) is 26.2 Å². The molecule has 0 bridgehead atoms. The van der Waals surface area contributed by atoms with Gasteiger partial charge in [-0.05, 0) is 36.3 Å². The summed E-state index contributed by atoms with van der Waals surface area (Å²) in [4.78, 5) is 0. The van der Waals surface area contributed by atoms with Gasteiger partial charge in [-0.2, -0.15) is 0 Å². The molecular formula is C11H14NP. The van der Waals surface area contributed by atoms with Crippen molar-refractivity contribution in [2.45, 2.75) is 13.8 Å². The van der Waals surface area contributed by atoms with Crippen LogP contribution in [0.15, 0.2) is 12.1 Å². The molecule has 0 aliphatic carbocycles. The van der Waals surface area contributed by atoms with Gasteiger partial charge in [0.15, 0.2) is 0 Å². The van der Waals surface area contributed by atoms with E-state index in [0.29, 0.717) is 6.54 Å². The number of hydrogen-bond donors (Lipinski definition) is 1. The second-order valence-corrected chi connectivity index (χ2v) is 3.63. The maximum absolute atomic E-state index is 5.18. The fraction of sp³-hybridized carbons (Fsp3) is 0.273. The molecule has 1 unspecified atom stereocenters. The Morgan fingerprint density at radius 2 is 2.08 bits per heavy atom. The molecule has 1 aromatic carbocycles. The van der Waals surface area contributed by atoms with Crippen LogP contribution in [0.2, 0.25) is 0 Å². The molecular weight excluding hydrogens is 177 g/mol. The summed E-state index contributed by atoms with van der Waals surface area (Å²) in [5, 5.41) is 4.42. The molecule has 0 aliphatic heterocycles. The van der Waals surface area contributed by atoms with Gasteiger partial charge in [0.2, 0.25) is 0 Å². The minimum atomic E-state index is 0.580. The van der Waals surface area contributed by atoms with Gasteiger partial charge in [-0.15, -0.1) is 15.7 Å². The Kier molecular flexibility index (Phi) is 3.34. The average molecular weight is 191 g/mol. The topological polar surface area (TPSA) is 12.0 Å². The highest BCUT2D eigenvalue weighted by Crippen LogP contribution is 2.17. The van der Waals surface area contributed by atoms with Crippen LogP contribution in [0.25, 0.3) is 0 Å². The number of anilines is 1. The summed E-state index contributed by atoms with van der Waals surface area (Å²) in [5.74, 6) is 2.56. The summed E-state index contributed by atoms with van der Waals surface area (Å²) < 4.78 is 0. The van der Waals surface area contributed by atoms with E-state index in [1.165, 1.54) is 16.4 Å². The van der Waals surface area contributed by atoms with Crippen molar-refractivity contribution in [1.29, 1.82) is 0 Å². The number of rotatable bonds is 2. The molecule has 1 atom stereocenters. The first-order valence-corrected chi connectivity index (χ1v) is 4.77. The van der Waals surface area contributed by atoms with E-state index in [0.717, 1.165) is 5.69 Å². The fourth-order valence-electron chi connectivity index (χ4n) is 1.18. The minimum absolute atomic E-state index is 0.580. The number of hydrogen-bond acceptors (Lipinski definition) is 1. The molecule has 68 valence electrons. The van der Waals surface area contributed by atoms with E-state index in [1.54, 1.807) is 0 Å². The zero-order valence-corrected chi connectivity index (χ0v) is 9.17. The molecule has 1 rings (SSSR count). The molecule has 0 aliphatic rings. The fourth-order valence-corrected chi connectivity index (χ4v) is 1.49. The molecule has 0 aromatic heterocycles. The number of nitrogens with one attached hydrogen (secondary N) is 1. The van der Waals surface area contributed by atoms with Crippen LogP contribution < -0.4 is 10.6 Å². The molecule has 1 aromatic rings. The summed E-state index contributed by atoms with van der Waals surface area (Å²) in [6.45, 7) is 4.79. The molecule has 0 saturated carbocycles. The Morgan fingerprint density at radius 1 is 1.38 bits per heavy atom. The standard InChI is InChI=1S/C11H14NP/c1-4-7-12-10-5-6-11(13)9(3)8(10)2/h1,5-6,12H,7,13H2,2-3H3. The van der Waals surface area contributed by atoms with E-state index in [9.17, 15) is 0 Å². The van der Waals surface area contributed by atoms with Crippen LogP contribution in [-0.2, 0) is 0 Å². The molecule has 0 spiro atoms. The van der Waals surface area contributed by atoms with Gasteiger partial charge in [-0.3, -0.25) is 0 Å². The van der Waals surface area contributed by atoms with E-state index in [1.807, 2.05) is 0 Å². The van der Waals surface area contributed by atoms with E-state index in [-0.39, 0.29) is 0 Å². The highest BCUT2D eigenvalue weighted by atomic mass is 31.0. The van der Waals surface area contributed by atoms with E-state index >= 15 is 0 Å². The molecule has 0 radical (unpaired) electrons. The molecule has 2 heteroatoms. The predicted molar refractivity (Wildman–Crippen MR) is 62.6 cm³/mol. The first-order valence-electron chi connectivity index (χ1n) is 4.20. The zero-order chi connectivity index (χ0) is 9.84. The van der Waals surface area contributed by atoms with E-state index < -0.39 is 0 Å². The van der Waals surface area contributed by atoms with Gasteiger partial charge in [-0.1, -0.05) is 12.0 Å². The van der Waals surface area contributed by atoms with Crippen molar-refractivity contribution >= 4 is 20.2 Å². The average Bonchev–Trinajstić information content (AvgIpc) is 2.13. The Labute approximate surface area is 82.1 Å². The summed E-state index contributed by atoms with van der Waals surface area (Å²) in [7, 11) is 2.72. The number of terminal acetylenes is 1. The van der Waals surface area contributed by atoms with Crippen molar-refractivity contribution < 1.29 is 0 Å². The monoisotopic (exact) mass is 191 g/mol. The van der Waals surface area contributed by atoms with Crippen LogP contribution in [-0.4, -0.2) is 6.54 Å². The van der Waals surface area contributed by atoms with Gasteiger partial charge in [0.1, 0.15) is 0 Å². The molecule has 13 heavy (non-hydrogen) atoms. The molecule has 1 N–H and O–H groups in total. The van der Waals surface area contributed by atoms with Crippen molar-refractivity contribution in [2.75, 3.05) is 11.9 Å². The van der Waals surface area contributed by atoms with Crippen LogP contribution in [0.5, 0.6) is 0 Å². The quantitative estimate of drug-likeness (QED) is 0.555. The SMILES string of the molecule is C#CCNc1ccc(P)c(C)c1C. The van der Waals surface area contributed by atoms with Crippen LogP contribution in [0.1, 0.15) is 11.1 Å². The first kappa shape index (κ1) is 10.1. The second-order valence-electron chi connectivity index (χ2n) is 3.01. The third kappa shape index (κ3) is 2.23. The summed E-state index contributed by atoms with van der Waals surface area (Å²) >= 11 is 0. The van der Waals surface area contributed by atoms with Crippen molar-refractivity contribution in [2.24, 2.45) is 0 Å². The van der Waals surface area contributed by atoms with Gasteiger partial charge in [0.25, 0.3) is 0 Å². The maximum Gasteiger partial charge on any atom is 0.0763 e. The normalized spacial score (nSPS) is 9.38. The summed E-state index contributed by atoms with van der Waals surface area (Å²) in [6, 6.07) is 4.13. The third-order valence-electron chi connectivity index (χ3n) is 2.21. The van der Waals surface area contributed by atoms with Crippen molar-refractivity contribution in [3.05, 3.63) is 23.3 Å². The molecule has 0 saturated heterocycles. The third-order valence-corrected chi connectivity index (χ3v) is 2.84. The second kappa shape index (κ2) is 4.30. The zero-order valence-electron chi connectivity index (χ0n) is 8.02. The first-order chi connectivity index (χ1) is 6.16. The number of benzene rings is 1. The van der Waals surface area contributed by atoms with Gasteiger partial charge in [0, 0.05) is 5.69 Å². The molecule has 0 amide bonds. The van der Waals surface area contributed by atoms with Crippen LogP contribution >= 0.6 is 9.24 Å². The molecule has 1 nitrogen and oxygen atoms in total. The molecule has 0 heterocycles. The Hall–Kier alpha value is -0.990. The van der Waals surface area contributed by atoms with Gasteiger partial charge in [-0.25, -0.2) is 0 Å². The summed E-state index contributed by atoms with van der Waals surface area (Å²) in [6.07, 6.45) is 5.18. The lowest BCUT2D eigenvalue weighted by molar-refractivity contribution is 1.30. The lowest BCUT2D eigenvalue weighted by Gasteiger charge is -2.11. The highest BCUT2D eigenvalue weighted by Gasteiger charge is 2.01. The molecule has 0 fully saturated rings. The van der Waals surface area contributed by atoms with Gasteiger partial charge in [0.05, 0.1) is 6.54 Å². The van der Waals surface area contributed by atoms with Crippen LogP contribution in [0.4, 0.5) is 5.69 Å². The Balaban J connectivity index is 2.98.